The standard InChI is InChI=1S/C13H22F2N2O/c1-12(2)8-17(6-4-10(12)16)11(18)9-3-5-13(14,15)7-9/h9-10H,3-8,16H2,1-2H3. The van der Waals surface area contributed by atoms with Crippen molar-refractivity contribution >= 4 is 5.91 Å². The van der Waals surface area contributed by atoms with E-state index in [1.54, 1.807) is 4.90 Å². The molecule has 2 rings (SSSR count). The van der Waals surface area contributed by atoms with E-state index in [4.69, 9.17) is 5.73 Å². The maximum absolute atomic E-state index is 13.1. The molecule has 18 heavy (non-hydrogen) atoms. The number of carbonyl (C=O) groups is 1. The molecule has 2 N–H and O–H groups in total. The number of nitrogens with two attached hydrogens (primary N) is 1. The molecular formula is C13H22F2N2O. The molecule has 1 amide bonds. The Morgan fingerprint density at radius 1 is 1.33 bits per heavy atom. The Labute approximate surface area is 107 Å². The first kappa shape index (κ1) is 13.7. The molecule has 1 heterocycles. The van der Waals surface area contributed by atoms with Crippen molar-refractivity contribution in [3.05, 3.63) is 0 Å². The smallest absolute Gasteiger partial charge is 0.248 e. The summed E-state index contributed by atoms with van der Waals surface area (Å²) in [7, 11) is 0. The third kappa shape index (κ3) is 2.66. The fourth-order valence-corrected chi connectivity index (χ4v) is 2.98. The fourth-order valence-electron chi connectivity index (χ4n) is 2.98. The van der Waals surface area contributed by atoms with Crippen LogP contribution in [-0.4, -0.2) is 35.9 Å². The number of carbonyl (C=O) groups excluding carboxylic acids is 1. The average Bonchev–Trinajstić information content (AvgIpc) is 2.62. The number of nitrogens with zero attached hydrogens (tertiary/aromatic N) is 1. The first-order valence-electron chi connectivity index (χ1n) is 6.63. The van der Waals surface area contributed by atoms with Gasteiger partial charge in [-0.1, -0.05) is 13.8 Å². The third-order valence-electron chi connectivity index (χ3n) is 4.38. The summed E-state index contributed by atoms with van der Waals surface area (Å²) in [6.45, 7) is 5.24. The van der Waals surface area contributed by atoms with E-state index in [-0.39, 0.29) is 30.2 Å². The predicted molar refractivity (Wildman–Crippen MR) is 65.2 cm³/mol. The maximum atomic E-state index is 13.1. The molecule has 3 nitrogen and oxygen atoms in total. The second-order valence-corrected chi connectivity index (χ2v) is 6.44. The molecule has 0 aromatic rings. The monoisotopic (exact) mass is 260 g/mol. The number of hydrogen-bond acceptors (Lipinski definition) is 2. The Kier molecular flexibility index (Phi) is 3.38. The van der Waals surface area contributed by atoms with Gasteiger partial charge in [0.05, 0.1) is 0 Å². The summed E-state index contributed by atoms with van der Waals surface area (Å²) in [5, 5.41) is 0. The van der Waals surface area contributed by atoms with E-state index in [0.29, 0.717) is 19.5 Å². The third-order valence-corrected chi connectivity index (χ3v) is 4.38. The zero-order chi connectivity index (χ0) is 13.6. The zero-order valence-corrected chi connectivity index (χ0v) is 11.1. The minimum atomic E-state index is -2.65. The molecule has 0 bridgehead atoms. The van der Waals surface area contributed by atoms with Crippen molar-refractivity contribution in [3.63, 3.8) is 0 Å². The van der Waals surface area contributed by atoms with Gasteiger partial charge in [0.1, 0.15) is 0 Å². The van der Waals surface area contributed by atoms with Gasteiger partial charge in [-0.2, -0.15) is 0 Å². The normalized spacial score (nSPS) is 34.6. The van der Waals surface area contributed by atoms with Crippen LogP contribution in [0.4, 0.5) is 8.78 Å². The highest BCUT2D eigenvalue weighted by Gasteiger charge is 2.45. The molecule has 5 heteroatoms. The summed E-state index contributed by atoms with van der Waals surface area (Å²) < 4.78 is 26.3. The second kappa shape index (κ2) is 4.44. The van der Waals surface area contributed by atoms with E-state index in [2.05, 4.69) is 0 Å². The lowest BCUT2D eigenvalue weighted by molar-refractivity contribution is -0.139. The number of halogens is 2. The van der Waals surface area contributed by atoms with Crippen LogP contribution in [0.3, 0.4) is 0 Å². The largest absolute Gasteiger partial charge is 0.342 e. The van der Waals surface area contributed by atoms with Crippen LogP contribution < -0.4 is 5.73 Å². The minimum Gasteiger partial charge on any atom is -0.342 e. The van der Waals surface area contributed by atoms with Crippen LogP contribution in [0, 0.1) is 11.3 Å². The number of rotatable bonds is 1. The lowest BCUT2D eigenvalue weighted by atomic mass is 9.79. The second-order valence-electron chi connectivity index (χ2n) is 6.44. The summed E-state index contributed by atoms with van der Waals surface area (Å²) in [4.78, 5) is 14.0. The van der Waals surface area contributed by atoms with Crippen LogP contribution >= 0.6 is 0 Å². The van der Waals surface area contributed by atoms with Gasteiger partial charge in [-0.3, -0.25) is 4.79 Å². The van der Waals surface area contributed by atoms with Crippen LogP contribution in [0.2, 0.25) is 0 Å². The van der Waals surface area contributed by atoms with Crippen molar-refractivity contribution in [1.29, 1.82) is 0 Å². The highest BCUT2D eigenvalue weighted by Crippen LogP contribution is 2.40. The van der Waals surface area contributed by atoms with Gasteiger partial charge < -0.3 is 10.6 Å². The van der Waals surface area contributed by atoms with Crippen LogP contribution in [0.25, 0.3) is 0 Å². The van der Waals surface area contributed by atoms with E-state index < -0.39 is 11.8 Å². The van der Waals surface area contributed by atoms with Crippen LogP contribution in [0.5, 0.6) is 0 Å². The lowest BCUT2D eigenvalue weighted by Gasteiger charge is -2.43. The average molecular weight is 260 g/mol. The SMILES string of the molecule is CC1(C)CN(C(=O)C2CCC(F)(F)C2)CCC1N. The van der Waals surface area contributed by atoms with Gasteiger partial charge >= 0.3 is 0 Å². The van der Waals surface area contributed by atoms with Gasteiger partial charge in [0, 0.05) is 37.9 Å². The molecule has 2 fully saturated rings. The minimum absolute atomic E-state index is 0.0755. The summed E-state index contributed by atoms with van der Waals surface area (Å²) in [5.74, 6) is -3.25. The number of likely N-dealkylation sites (tertiary alicyclic amines) is 1. The van der Waals surface area contributed by atoms with Gasteiger partial charge in [-0.05, 0) is 18.3 Å². The molecule has 1 saturated carbocycles. The van der Waals surface area contributed by atoms with Crippen molar-refractivity contribution in [2.45, 2.75) is 51.5 Å². The highest BCUT2D eigenvalue weighted by atomic mass is 19.3. The Morgan fingerprint density at radius 2 is 2.00 bits per heavy atom. The Hall–Kier alpha value is -0.710. The first-order chi connectivity index (χ1) is 8.21. The summed E-state index contributed by atoms with van der Waals surface area (Å²) in [6, 6.07) is 0.0755. The van der Waals surface area contributed by atoms with E-state index >= 15 is 0 Å². The molecular weight excluding hydrogens is 238 g/mol. The van der Waals surface area contributed by atoms with Crippen LogP contribution in [0.1, 0.15) is 39.5 Å². The molecule has 1 aliphatic carbocycles. The van der Waals surface area contributed by atoms with E-state index in [9.17, 15) is 13.6 Å². The summed E-state index contributed by atoms with van der Waals surface area (Å²) in [6.07, 6.45) is 0.631. The van der Waals surface area contributed by atoms with Crippen LogP contribution in [-0.2, 0) is 4.79 Å². The number of amides is 1. The molecule has 0 radical (unpaired) electrons. The molecule has 1 aliphatic heterocycles. The molecule has 1 saturated heterocycles. The van der Waals surface area contributed by atoms with Crippen molar-refractivity contribution in [3.8, 4) is 0 Å². The highest BCUT2D eigenvalue weighted by molar-refractivity contribution is 5.79. The quantitative estimate of drug-likeness (QED) is 0.784. The van der Waals surface area contributed by atoms with E-state index in [1.807, 2.05) is 13.8 Å². The van der Waals surface area contributed by atoms with Crippen molar-refractivity contribution in [2.75, 3.05) is 13.1 Å². The van der Waals surface area contributed by atoms with Crippen molar-refractivity contribution in [1.82, 2.24) is 4.90 Å². The molecule has 0 spiro atoms. The summed E-state index contributed by atoms with van der Waals surface area (Å²) in [5.41, 5.74) is 5.88. The number of alkyl halides is 2. The Balaban J connectivity index is 1.99. The molecule has 0 aromatic carbocycles. The van der Waals surface area contributed by atoms with Crippen molar-refractivity contribution in [2.24, 2.45) is 17.1 Å². The van der Waals surface area contributed by atoms with Gasteiger partial charge in [-0.15, -0.1) is 0 Å². The van der Waals surface area contributed by atoms with Gasteiger partial charge in [0.2, 0.25) is 11.8 Å². The lowest BCUT2D eigenvalue weighted by Crippen LogP contribution is -2.54. The van der Waals surface area contributed by atoms with Gasteiger partial charge in [-0.25, -0.2) is 8.78 Å². The topological polar surface area (TPSA) is 46.3 Å². The Morgan fingerprint density at radius 3 is 2.50 bits per heavy atom. The molecule has 0 aromatic heterocycles. The molecule has 2 atom stereocenters. The summed E-state index contributed by atoms with van der Waals surface area (Å²) >= 11 is 0. The maximum Gasteiger partial charge on any atom is 0.248 e. The van der Waals surface area contributed by atoms with Gasteiger partial charge in [0.15, 0.2) is 0 Å². The predicted octanol–water partition coefficient (Wildman–Crippen LogP) is 2.01. The fraction of sp³-hybridized carbons (Fsp3) is 0.923. The molecule has 2 unspecified atom stereocenters. The number of piperidine rings is 1. The first-order valence-corrected chi connectivity index (χ1v) is 6.63. The zero-order valence-electron chi connectivity index (χ0n) is 11.1. The Bertz CT molecular complexity index is 344. The van der Waals surface area contributed by atoms with E-state index in [1.165, 1.54) is 0 Å². The van der Waals surface area contributed by atoms with Crippen molar-refractivity contribution < 1.29 is 13.6 Å². The van der Waals surface area contributed by atoms with Gasteiger partial charge in [0.25, 0.3) is 0 Å². The van der Waals surface area contributed by atoms with E-state index in [0.717, 1.165) is 6.42 Å². The van der Waals surface area contributed by atoms with Crippen LogP contribution in [0.15, 0.2) is 0 Å². The molecule has 2 aliphatic rings. The number of hydrogen-bond donors (Lipinski definition) is 1. The molecule has 104 valence electrons.